The number of para-hydroxylation sites is 1. The van der Waals surface area contributed by atoms with Crippen LogP contribution in [0.4, 0.5) is 15.8 Å². The van der Waals surface area contributed by atoms with Gasteiger partial charge in [-0.05, 0) is 6.07 Å². The fourth-order valence-electron chi connectivity index (χ4n) is 1.29. The molecule has 0 bridgehead atoms. The highest BCUT2D eigenvalue weighted by Crippen LogP contribution is 2.26. The lowest BCUT2D eigenvalue weighted by molar-refractivity contribution is -0.384. The predicted octanol–water partition coefficient (Wildman–Crippen LogP) is 1.76. The lowest BCUT2D eigenvalue weighted by atomic mass is 10.2. The van der Waals surface area contributed by atoms with Crippen LogP contribution in [0.2, 0.25) is 0 Å². The summed E-state index contributed by atoms with van der Waals surface area (Å²) in [4.78, 5) is 10.0. The number of anilines is 1. The minimum absolute atomic E-state index is 0.106. The van der Waals surface area contributed by atoms with Crippen molar-refractivity contribution in [2.24, 2.45) is 0 Å². The topological polar surface area (TPSA) is 73.6 Å². The molecule has 0 aliphatic carbocycles. The van der Waals surface area contributed by atoms with E-state index >= 15 is 0 Å². The Labute approximate surface area is 97.5 Å². The van der Waals surface area contributed by atoms with Crippen molar-refractivity contribution in [2.75, 3.05) is 26.1 Å². The predicted molar refractivity (Wildman–Crippen MR) is 59.4 cm³/mol. The summed E-state index contributed by atoms with van der Waals surface area (Å²) in [6.45, 7) is 0.106. The molecule has 0 aliphatic rings. The van der Waals surface area contributed by atoms with Gasteiger partial charge in [0.05, 0.1) is 11.5 Å². The number of hydrogen-bond acceptors (Lipinski definition) is 5. The Morgan fingerprint density at radius 2 is 2.12 bits per heavy atom. The summed E-state index contributed by atoms with van der Waals surface area (Å²) in [5.74, 6) is -0.690. The van der Waals surface area contributed by atoms with E-state index in [1.807, 2.05) is 0 Å². The van der Waals surface area contributed by atoms with Crippen LogP contribution in [0.25, 0.3) is 0 Å². The molecule has 17 heavy (non-hydrogen) atoms. The van der Waals surface area contributed by atoms with Crippen molar-refractivity contribution >= 4 is 11.4 Å². The molecule has 7 heteroatoms. The smallest absolute Gasteiger partial charge is 0.295 e. The molecule has 0 atom stereocenters. The summed E-state index contributed by atoms with van der Waals surface area (Å²) in [5, 5.41) is 13.3. The van der Waals surface area contributed by atoms with Crippen LogP contribution in [0, 0.1) is 15.9 Å². The lowest BCUT2D eigenvalue weighted by Crippen LogP contribution is -2.24. The van der Waals surface area contributed by atoms with Crippen molar-refractivity contribution in [2.45, 2.75) is 6.29 Å². The molecule has 0 aromatic heterocycles. The maximum atomic E-state index is 13.4. The summed E-state index contributed by atoms with van der Waals surface area (Å²) < 4.78 is 23.2. The number of nitro groups is 1. The first-order valence-corrected chi connectivity index (χ1v) is 4.82. The summed E-state index contributed by atoms with van der Waals surface area (Å²) >= 11 is 0. The van der Waals surface area contributed by atoms with E-state index < -0.39 is 17.0 Å². The zero-order chi connectivity index (χ0) is 12.8. The highest BCUT2D eigenvalue weighted by molar-refractivity contribution is 5.62. The molecule has 94 valence electrons. The second kappa shape index (κ2) is 6.12. The van der Waals surface area contributed by atoms with Gasteiger partial charge in [0, 0.05) is 20.3 Å². The molecule has 0 spiro atoms. The molecule has 0 amide bonds. The second-order valence-electron chi connectivity index (χ2n) is 3.17. The van der Waals surface area contributed by atoms with Crippen LogP contribution in [0.3, 0.4) is 0 Å². The third kappa shape index (κ3) is 3.36. The quantitative estimate of drug-likeness (QED) is 0.469. The van der Waals surface area contributed by atoms with Crippen LogP contribution < -0.4 is 5.32 Å². The Morgan fingerprint density at radius 3 is 2.65 bits per heavy atom. The molecule has 1 aromatic carbocycles. The van der Waals surface area contributed by atoms with E-state index in [4.69, 9.17) is 9.47 Å². The van der Waals surface area contributed by atoms with Crippen molar-refractivity contribution in [1.82, 2.24) is 0 Å². The minimum Gasteiger partial charge on any atom is -0.372 e. The second-order valence-corrected chi connectivity index (χ2v) is 3.17. The molecule has 0 saturated heterocycles. The number of ether oxygens (including phenoxy) is 2. The molecule has 1 rings (SSSR count). The van der Waals surface area contributed by atoms with Crippen molar-refractivity contribution in [1.29, 1.82) is 0 Å². The van der Waals surface area contributed by atoms with Gasteiger partial charge in [0.2, 0.25) is 0 Å². The minimum atomic E-state index is -0.690. The maximum absolute atomic E-state index is 13.4. The third-order valence-electron chi connectivity index (χ3n) is 2.16. The molecular formula is C10H13FN2O4. The molecule has 0 radical (unpaired) electrons. The van der Waals surface area contributed by atoms with Crippen LogP contribution in [-0.4, -0.2) is 32.0 Å². The highest BCUT2D eigenvalue weighted by Gasteiger charge is 2.18. The number of nitrogens with one attached hydrogen (secondary N) is 1. The van der Waals surface area contributed by atoms with E-state index in [-0.39, 0.29) is 17.9 Å². The van der Waals surface area contributed by atoms with Crippen molar-refractivity contribution in [3.05, 3.63) is 34.1 Å². The van der Waals surface area contributed by atoms with E-state index in [9.17, 15) is 14.5 Å². The first-order chi connectivity index (χ1) is 8.10. The zero-order valence-corrected chi connectivity index (χ0v) is 9.47. The Hall–Kier alpha value is -1.73. The number of benzene rings is 1. The Balaban J connectivity index is 2.85. The van der Waals surface area contributed by atoms with Gasteiger partial charge in [-0.25, -0.2) is 4.39 Å². The average Bonchev–Trinajstić information content (AvgIpc) is 2.31. The molecule has 6 nitrogen and oxygen atoms in total. The fraction of sp³-hybridized carbons (Fsp3) is 0.400. The van der Waals surface area contributed by atoms with Gasteiger partial charge in [0.1, 0.15) is 5.69 Å². The van der Waals surface area contributed by atoms with Crippen LogP contribution in [0.5, 0.6) is 0 Å². The van der Waals surface area contributed by atoms with E-state index in [1.54, 1.807) is 0 Å². The fourth-order valence-corrected chi connectivity index (χ4v) is 1.29. The van der Waals surface area contributed by atoms with E-state index in [2.05, 4.69) is 5.32 Å². The van der Waals surface area contributed by atoms with Crippen LogP contribution in [0.15, 0.2) is 18.2 Å². The molecule has 0 fully saturated rings. The number of nitro benzene ring substituents is 1. The SMILES string of the molecule is COC(CNc1c(F)cccc1[N+](=O)[O-])OC. The molecule has 0 heterocycles. The molecule has 1 aromatic rings. The van der Waals surface area contributed by atoms with Gasteiger partial charge < -0.3 is 14.8 Å². The first-order valence-electron chi connectivity index (χ1n) is 4.82. The van der Waals surface area contributed by atoms with Gasteiger partial charge in [-0.15, -0.1) is 0 Å². The molecule has 0 aliphatic heterocycles. The van der Waals surface area contributed by atoms with E-state index in [1.165, 1.54) is 26.4 Å². The Morgan fingerprint density at radius 1 is 1.47 bits per heavy atom. The number of methoxy groups -OCH3 is 2. The van der Waals surface area contributed by atoms with Crippen LogP contribution >= 0.6 is 0 Å². The third-order valence-corrected chi connectivity index (χ3v) is 2.16. The zero-order valence-electron chi connectivity index (χ0n) is 9.47. The number of rotatable bonds is 6. The van der Waals surface area contributed by atoms with Gasteiger partial charge in [-0.3, -0.25) is 10.1 Å². The number of halogens is 1. The van der Waals surface area contributed by atoms with Gasteiger partial charge in [0.25, 0.3) is 5.69 Å². The van der Waals surface area contributed by atoms with Crippen molar-refractivity contribution in [3.8, 4) is 0 Å². The Kier molecular flexibility index (Phi) is 4.80. The summed E-state index contributed by atoms with van der Waals surface area (Å²) in [5.41, 5.74) is -0.493. The summed E-state index contributed by atoms with van der Waals surface area (Å²) in [7, 11) is 2.84. The molecule has 0 saturated carbocycles. The normalized spacial score (nSPS) is 10.6. The van der Waals surface area contributed by atoms with Crippen LogP contribution in [0.1, 0.15) is 0 Å². The highest BCUT2D eigenvalue weighted by atomic mass is 19.1. The monoisotopic (exact) mass is 244 g/mol. The lowest BCUT2D eigenvalue weighted by Gasteiger charge is -2.15. The van der Waals surface area contributed by atoms with Crippen LogP contribution in [-0.2, 0) is 9.47 Å². The average molecular weight is 244 g/mol. The standard InChI is InChI=1S/C10H13FN2O4/c1-16-9(17-2)6-12-10-7(11)4-3-5-8(10)13(14)15/h3-5,9,12H,6H2,1-2H3. The molecule has 1 N–H and O–H groups in total. The molecular weight excluding hydrogens is 231 g/mol. The van der Waals surface area contributed by atoms with Gasteiger partial charge in [-0.2, -0.15) is 0 Å². The maximum Gasteiger partial charge on any atom is 0.295 e. The molecule has 0 unspecified atom stereocenters. The van der Waals surface area contributed by atoms with Gasteiger partial charge >= 0.3 is 0 Å². The van der Waals surface area contributed by atoms with E-state index in [0.717, 1.165) is 6.07 Å². The first kappa shape index (κ1) is 13.3. The van der Waals surface area contributed by atoms with Gasteiger partial charge in [0.15, 0.2) is 12.1 Å². The summed E-state index contributed by atoms with van der Waals surface area (Å²) in [6.07, 6.45) is -0.603. The summed E-state index contributed by atoms with van der Waals surface area (Å²) in [6, 6.07) is 3.65. The van der Waals surface area contributed by atoms with Gasteiger partial charge in [-0.1, -0.05) is 6.07 Å². The van der Waals surface area contributed by atoms with E-state index in [0.29, 0.717) is 0 Å². The number of hydrogen-bond donors (Lipinski definition) is 1. The Bertz CT molecular complexity index is 396. The number of nitrogens with zero attached hydrogens (tertiary/aromatic N) is 1. The largest absolute Gasteiger partial charge is 0.372 e. The van der Waals surface area contributed by atoms with Crippen molar-refractivity contribution < 1.29 is 18.8 Å². The van der Waals surface area contributed by atoms with Crippen molar-refractivity contribution in [3.63, 3.8) is 0 Å².